The third-order valence-corrected chi connectivity index (χ3v) is 4.92. The summed E-state index contributed by atoms with van der Waals surface area (Å²) in [5.74, 6) is 0.864. The molecule has 0 unspecified atom stereocenters. The lowest BCUT2D eigenvalue weighted by Gasteiger charge is -2.33. The highest BCUT2D eigenvalue weighted by atomic mass is 127. The molecule has 1 aromatic rings. The minimum absolute atomic E-state index is 0. The lowest BCUT2D eigenvalue weighted by Crippen LogP contribution is -2.46. The number of carbonyl (C=O) groups excluding carboxylic acids is 1. The number of halogens is 1. The average molecular weight is 488 g/mol. The van der Waals surface area contributed by atoms with Gasteiger partial charge in [0.25, 0.3) is 0 Å². The highest BCUT2D eigenvalue weighted by Gasteiger charge is 2.26. The van der Waals surface area contributed by atoms with Crippen molar-refractivity contribution < 1.29 is 9.53 Å². The zero-order chi connectivity index (χ0) is 18.9. The number of methoxy groups -OCH3 is 1. The fourth-order valence-electron chi connectivity index (χ4n) is 3.28. The van der Waals surface area contributed by atoms with E-state index < -0.39 is 0 Å². The Balaban J connectivity index is 0.00000364. The minimum Gasteiger partial charge on any atom is -0.469 e. The van der Waals surface area contributed by atoms with Crippen LogP contribution in [-0.2, 0) is 16.0 Å². The summed E-state index contributed by atoms with van der Waals surface area (Å²) in [4.78, 5) is 20.4. The Morgan fingerprint density at radius 2 is 1.89 bits per heavy atom. The maximum atomic E-state index is 11.6. The van der Waals surface area contributed by atoms with E-state index >= 15 is 0 Å². The predicted octanol–water partition coefficient (Wildman–Crippen LogP) is 2.76. The topological polar surface area (TPSA) is 57.2 Å². The zero-order valence-electron chi connectivity index (χ0n) is 16.9. The van der Waals surface area contributed by atoms with Crippen LogP contribution in [0.1, 0.15) is 24.8 Å². The van der Waals surface area contributed by atoms with Crippen LogP contribution in [0.3, 0.4) is 0 Å². The summed E-state index contributed by atoms with van der Waals surface area (Å²) in [6.45, 7) is 2.57. The molecule has 27 heavy (non-hydrogen) atoms. The molecule has 0 aliphatic carbocycles. The van der Waals surface area contributed by atoms with Crippen molar-refractivity contribution in [2.24, 2.45) is 10.9 Å². The number of aliphatic imine (C=N–C) groups is 1. The van der Waals surface area contributed by atoms with E-state index in [1.165, 1.54) is 18.4 Å². The summed E-state index contributed by atoms with van der Waals surface area (Å²) in [5, 5.41) is 3.45. The Morgan fingerprint density at radius 1 is 1.26 bits per heavy atom. The molecule has 0 bridgehead atoms. The van der Waals surface area contributed by atoms with E-state index in [1.54, 1.807) is 0 Å². The molecule has 1 fully saturated rings. The average Bonchev–Trinajstić information content (AvgIpc) is 2.68. The van der Waals surface area contributed by atoms with Gasteiger partial charge < -0.3 is 19.9 Å². The van der Waals surface area contributed by atoms with E-state index in [2.05, 4.69) is 58.5 Å². The molecule has 0 saturated carbocycles. The molecular weight excluding hydrogens is 455 g/mol. The normalized spacial score (nSPS) is 15.1. The van der Waals surface area contributed by atoms with Crippen molar-refractivity contribution in [1.29, 1.82) is 0 Å². The first-order valence-corrected chi connectivity index (χ1v) is 9.35. The largest absolute Gasteiger partial charge is 0.469 e. The van der Waals surface area contributed by atoms with Gasteiger partial charge in [-0.2, -0.15) is 0 Å². The molecule has 1 heterocycles. The SMILES string of the molecule is CN=C(NCCCc1ccc(N(C)C)cc1)N1CCC(C(=O)OC)CC1.I. The molecule has 0 atom stereocenters. The molecule has 1 saturated heterocycles. The van der Waals surface area contributed by atoms with E-state index in [9.17, 15) is 4.79 Å². The molecule has 1 N–H and O–H groups in total. The number of nitrogens with zero attached hydrogens (tertiary/aromatic N) is 3. The summed E-state index contributed by atoms with van der Waals surface area (Å²) in [7, 11) is 7.38. The van der Waals surface area contributed by atoms with E-state index in [0.717, 1.165) is 51.3 Å². The van der Waals surface area contributed by atoms with Gasteiger partial charge in [0, 0.05) is 46.5 Å². The van der Waals surface area contributed by atoms with Gasteiger partial charge in [0.05, 0.1) is 13.0 Å². The third-order valence-electron chi connectivity index (χ3n) is 4.92. The molecule has 2 rings (SSSR count). The summed E-state index contributed by atoms with van der Waals surface area (Å²) < 4.78 is 4.85. The van der Waals surface area contributed by atoms with Gasteiger partial charge in [-0.1, -0.05) is 12.1 Å². The Bertz CT molecular complexity index is 597. The number of hydrogen-bond acceptors (Lipinski definition) is 4. The van der Waals surface area contributed by atoms with Crippen LogP contribution in [0.4, 0.5) is 5.69 Å². The van der Waals surface area contributed by atoms with Gasteiger partial charge in [0.2, 0.25) is 0 Å². The number of aryl methyl sites for hydroxylation is 1. The molecule has 0 amide bonds. The van der Waals surface area contributed by atoms with Crippen LogP contribution in [0.5, 0.6) is 0 Å². The second-order valence-electron chi connectivity index (χ2n) is 6.92. The number of ether oxygens (including phenoxy) is 1. The minimum atomic E-state index is -0.0899. The number of rotatable bonds is 6. The monoisotopic (exact) mass is 488 g/mol. The van der Waals surface area contributed by atoms with Crippen molar-refractivity contribution >= 4 is 41.6 Å². The van der Waals surface area contributed by atoms with Crippen LogP contribution in [0, 0.1) is 5.92 Å². The van der Waals surface area contributed by atoms with Crippen molar-refractivity contribution in [2.75, 3.05) is 52.8 Å². The van der Waals surface area contributed by atoms with Crippen LogP contribution >= 0.6 is 24.0 Å². The first kappa shape index (κ1) is 23.5. The quantitative estimate of drug-likeness (QED) is 0.220. The standard InChI is InChI=1S/C20H32N4O2.HI/c1-21-20(24-14-11-17(12-15-24)19(25)26-4)22-13-5-6-16-7-9-18(10-8-16)23(2)3;/h7-10,17H,5-6,11-15H2,1-4H3,(H,21,22);1H. The van der Waals surface area contributed by atoms with Crippen molar-refractivity contribution in [3.8, 4) is 0 Å². The predicted molar refractivity (Wildman–Crippen MR) is 122 cm³/mol. The molecule has 0 aromatic heterocycles. The molecule has 7 heteroatoms. The Labute approximate surface area is 180 Å². The number of piperidine rings is 1. The highest BCUT2D eigenvalue weighted by molar-refractivity contribution is 14.0. The van der Waals surface area contributed by atoms with Gasteiger partial charge in [-0.05, 0) is 43.4 Å². The Kier molecular flexibility index (Phi) is 10.5. The van der Waals surface area contributed by atoms with Crippen LogP contribution < -0.4 is 10.2 Å². The summed E-state index contributed by atoms with van der Waals surface area (Å²) in [6, 6.07) is 8.71. The van der Waals surface area contributed by atoms with Gasteiger partial charge in [0.15, 0.2) is 5.96 Å². The van der Waals surface area contributed by atoms with Crippen LogP contribution in [0.25, 0.3) is 0 Å². The maximum Gasteiger partial charge on any atom is 0.308 e. The van der Waals surface area contributed by atoms with E-state index in [4.69, 9.17) is 4.74 Å². The van der Waals surface area contributed by atoms with Crippen molar-refractivity contribution in [3.05, 3.63) is 29.8 Å². The first-order valence-electron chi connectivity index (χ1n) is 9.35. The van der Waals surface area contributed by atoms with Gasteiger partial charge in [-0.15, -0.1) is 24.0 Å². The van der Waals surface area contributed by atoms with Gasteiger partial charge in [0.1, 0.15) is 0 Å². The van der Waals surface area contributed by atoms with Gasteiger partial charge in [-0.25, -0.2) is 0 Å². The Morgan fingerprint density at radius 3 is 2.41 bits per heavy atom. The maximum absolute atomic E-state index is 11.6. The second kappa shape index (κ2) is 12.0. The first-order chi connectivity index (χ1) is 12.5. The lowest BCUT2D eigenvalue weighted by atomic mass is 9.97. The fourth-order valence-corrected chi connectivity index (χ4v) is 3.28. The van der Waals surface area contributed by atoms with Crippen LogP contribution in [0.15, 0.2) is 29.3 Å². The van der Waals surface area contributed by atoms with E-state index in [0.29, 0.717) is 0 Å². The van der Waals surface area contributed by atoms with Crippen molar-refractivity contribution in [2.45, 2.75) is 25.7 Å². The van der Waals surface area contributed by atoms with Crippen LogP contribution in [-0.4, -0.2) is 64.7 Å². The van der Waals surface area contributed by atoms with Gasteiger partial charge >= 0.3 is 5.97 Å². The lowest BCUT2D eigenvalue weighted by molar-refractivity contribution is -0.146. The van der Waals surface area contributed by atoms with E-state index in [-0.39, 0.29) is 35.9 Å². The number of guanidine groups is 1. The van der Waals surface area contributed by atoms with Gasteiger partial charge in [-0.3, -0.25) is 9.79 Å². The summed E-state index contributed by atoms with van der Waals surface area (Å²) in [6.07, 6.45) is 3.75. The van der Waals surface area contributed by atoms with E-state index in [1.807, 2.05) is 7.05 Å². The van der Waals surface area contributed by atoms with Crippen molar-refractivity contribution in [3.63, 3.8) is 0 Å². The Hall–Kier alpha value is -1.51. The fraction of sp³-hybridized carbons (Fsp3) is 0.600. The number of benzene rings is 1. The highest BCUT2D eigenvalue weighted by Crippen LogP contribution is 2.18. The second-order valence-corrected chi connectivity index (χ2v) is 6.92. The number of anilines is 1. The van der Waals surface area contributed by atoms with Crippen molar-refractivity contribution in [1.82, 2.24) is 10.2 Å². The number of hydrogen-bond donors (Lipinski definition) is 1. The number of carbonyl (C=O) groups is 1. The molecule has 6 nitrogen and oxygen atoms in total. The number of nitrogens with one attached hydrogen (secondary N) is 1. The molecular formula is C20H33IN4O2. The number of likely N-dealkylation sites (tertiary alicyclic amines) is 1. The molecule has 0 spiro atoms. The molecule has 152 valence electrons. The molecule has 1 aliphatic heterocycles. The third kappa shape index (κ3) is 7.20. The molecule has 0 radical (unpaired) electrons. The van der Waals surface area contributed by atoms with Crippen LogP contribution in [0.2, 0.25) is 0 Å². The summed E-state index contributed by atoms with van der Waals surface area (Å²) >= 11 is 0. The molecule has 1 aromatic carbocycles. The zero-order valence-corrected chi connectivity index (χ0v) is 19.2. The number of esters is 1. The summed E-state index contributed by atoms with van der Waals surface area (Å²) in [5.41, 5.74) is 2.58. The smallest absolute Gasteiger partial charge is 0.308 e. The molecule has 1 aliphatic rings.